The molecule has 1 aromatic heterocycles. The molecule has 0 atom stereocenters. The SMILES string of the molecule is CC(C)(C)OC(=O)N1CCc2nn(C3CCCCC3)cc2C1. The highest BCUT2D eigenvalue weighted by atomic mass is 16.6. The third kappa shape index (κ3) is 3.45. The average molecular weight is 305 g/mol. The number of hydrogen-bond acceptors (Lipinski definition) is 3. The lowest BCUT2D eigenvalue weighted by atomic mass is 9.96. The Kier molecular flexibility index (Phi) is 4.15. The van der Waals surface area contributed by atoms with Crippen LogP contribution in [0, 0.1) is 0 Å². The van der Waals surface area contributed by atoms with Crippen molar-refractivity contribution in [3.63, 3.8) is 0 Å². The fourth-order valence-corrected chi connectivity index (χ4v) is 3.35. The van der Waals surface area contributed by atoms with Crippen molar-refractivity contribution in [2.24, 2.45) is 0 Å². The largest absolute Gasteiger partial charge is 0.444 e. The molecule has 0 spiro atoms. The van der Waals surface area contributed by atoms with Crippen molar-refractivity contribution in [1.82, 2.24) is 14.7 Å². The van der Waals surface area contributed by atoms with Gasteiger partial charge in [0.25, 0.3) is 0 Å². The number of ether oxygens (including phenoxy) is 1. The molecule has 1 amide bonds. The van der Waals surface area contributed by atoms with Crippen molar-refractivity contribution in [2.45, 2.75) is 77.5 Å². The molecule has 1 aliphatic carbocycles. The molecule has 5 heteroatoms. The number of rotatable bonds is 1. The van der Waals surface area contributed by atoms with Crippen molar-refractivity contribution in [3.8, 4) is 0 Å². The summed E-state index contributed by atoms with van der Waals surface area (Å²) in [5.74, 6) is 0. The molecular formula is C17H27N3O2. The van der Waals surface area contributed by atoms with Gasteiger partial charge in [-0.25, -0.2) is 4.79 Å². The topological polar surface area (TPSA) is 47.4 Å². The summed E-state index contributed by atoms with van der Waals surface area (Å²) in [6.45, 7) is 7.03. The number of carbonyl (C=O) groups is 1. The Morgan fingerprint density at radius 1 is 1.27 bits per heavy atom. The Balaban J connectivity index is 1.68. The zero-order chi connectivity index (χ0) is 15.7. The van der Waals surface area contributed by atoms with E-state index in [1.54, 1.807) is 4.90 Å². The maximum atomic E-state index is 12.2. The van der Waals surface area contributed by atoms with E-state index in [9.17, 15) is 4.79 Å². The standard InChI is InChI=1S/C17H27N3O2/c1-17(2,3)22-16(21)19-10-9-15-13(11-19)12-20(18-15)14-7-5-4-6-8-14/h12,14H,4-11H2,1-3H3. The summed E-state index contributed by atoms with van der Waals surface area (Å²) in [4.78, 5) is 14.0. The first-order chi connectivity index (χ1) is 10.4. The Morgan fingerprint density at radius 3 is 2.68 bits per heavy atom. The summed E-state index contributed by atoms with van der Waals surface area (Å²) in [6, 6.07) is 0.550. The second-order valence-corrected chi connectivity index (χ2v) is 7.52. The van der Waals surface area contributed by atoms with Crippen LogP contribution in [0.2, 0.25) is 0 Å². The highest BCUT2D eigenvalue weighted by molar-refractivity contribution is 5.68. The van der Waals surface area contributed by atoms with E-state index in [-0.39, 0.29) is 6.09 Å². The first kappa shape index (κ1) is 15.4. The quantitative estimate of drug-likeness (QED) is 0.795. The maximum Gasteiger partial charge on any atom is 0.410 e. The molecule has 0 saturated heterocycles. The summed E-state index contributed by atoms with van der Waals surface area (Å²) in [5, 5.41) is 4.78. The van der Waals surface area contributed by atoms with E-state index in [1.165, 1.54) is 37.7 Å². The normalized spacial score (nSPS) is 19.9. The van der Waals surface area contributed by atoms with Gasteiger partial charge < -0.3 is 9.64 Å². The van der Waals surface area contributed by atoms with Gasteiger partial charge in [-0.2, -0.15) is 5.10 Å². The molecule has 22 heavy (non-hydrogen) atoms. The summed E-state index contributed by atoms with van der Waals surface area (Å²) in [7, 11) is 0. The van der Waals surface area contributed by atoms with Gasteiger partial charge in [0.05, 0.1) is 18.3 Å². The number of carbonyl (C=O) groups excluding carboxylic acids is 1. The molecule has 3 rings (SSSR count). The fraction of sp³-hybridized carbons (Fsp3) is 0.765. The number of amides is 1. The lowest BCUT2D eigenvalue weighted by Gasteiger charge is -2.29. The molecule has 5 nitrogen and oxygen atoms in total. The van der Waals surface area contributed by atoms with Gasteiger partial charge in [-0.15, -0.1) is 0 Å². The number of hydrogen-bond donors (Lipinski definition) is 0. The number of nitrogens with zero attached hydrogens (tertiary/aromatic N) is 3. The van der Waals surface area contributed by atoms with E-state index in [4.69, 9.17) is 9.84 Å². The highest BCUT2D eigenvalue weighted by Gasteiger charge is 2.28. The van der Waals surface area contributed by atoms with Crippen LogP contribution < -0.4 is 0 Å². The van der Waals surface area contributed by atoms with Crippen molar-refractivity contribution < 1.29 is 9.53 Å². The van der Waals surface area contributed by atoms with Crippen LogP contribution in [-0.2, 0) is 17.7 Å². The van der Waals surface area contributed by atoms with Gasteiger partial charge in [-0.1, -0.05) is 19.3 Å². The van der Waals surface area contributed by atoms with Crippen LogP contribution in [-0.4, -0.2) is 32.9 Å². The van der Waals surface area contributed by atoms with Crippen LogP contribution in [0.5, 0.6) is 0 Å². The summed E-state index contributed by atoms with van der Waals surface area (Å²) in [5.41, 5.74) is 1.90. The molecule has 0 aromatic carbocycles. The third-order valence-corrected chi connectivity index (χ3v) is 4.48. The van der Waals surface area contributed by atoms with Gasteiger partial charge in [0.1, 0.15) is 5.60 Å². The summed E-state index contributed by atoms with van der Waals surface area (Å²) < 4.78 is 7.63. The van der Waals surface area contributed by atoms with Crippen molar-refractivity contribution in [1.29, 1.82) is 0 Å². The Labute approximate surface area is 132 Å². The lowest BCUT2D eigenvalue weighted by Crippen LogP contribution is -2.39. The molecule has 1 fully saturated rings. The molecule has 0 bridgehead atoms. The summed E-state index contributed by atoms with van der Waals surface area (Å²) >= 11 is 0. The Hall–Kier alpha value is -1.52. The molecule has 1 aromatic rings. The van der Waals surface area contributed by atoms with Crippen LogP contribution in [0.25, 0.3) is 0 Å². The van der Waals surface area contributed by atoms with Gasteiger partial charge in [-0.05, 0) is 33.6 Å². The molecule has 1 aliphatic heterocycles. The van der Waals surface area contributed by atoms with Crippen molar-refractivity contribution in [3.05, 3.63) is 17.5 Å². The van der Waals surface area contributed by atoms with Crippen LogP contribution in [0.4, 0.5) is 4.79 Å². The molecule has 2 aliphatic rings. The first-order valence-corrected chi connectivity index (χ1v) is 8.47. The predicted molar refractivity (Wildman–Crippen MR) is 84.7 cm³/mol. The van der Waals surface area contributed by atoms with Gasteiger partial charge in [0, 0.05) is 24.7 Å². The minimum absolute atomic E-state index is 0.219. The molecule has 0 unspecified atom stereocenters. The highest BCUT2D eigenvalue weighted by Crippen LogP contribution is 2.29. The lowest BCUT2D eigenvalue weighted by molar-refractivity contribution is 0.0223. The molecular weight excluding hydrogens is 278 g/mol. The molecule has 122 valence electrons. The van der Waals surface area contributed by atoms with Crippen LogP contribution >= 0.6 is 0 Å². The Bertz CT molecular complexity index is 539. The molecule has 0 N–H and O–H groups in total. The van der Waals surface area contributed by atoms with E-state index in [1.807, 2.05) is 20.8 Å². The van der Waals surface area contributed by atoms with Crippen LogP contribution in [0.15, 0.2) is 6.20 Å². The second kappa shape index (κ2) is 5.94. The fourth-order valence-electron chi connectivity index (χ4n) is 3.35. The smallest absolute Gasteiger partial charge is 0.410 e. The van der Waals surface area contributed by atoms with E-state index >= 15 is 0 Å². The maximum absolute atomic E-state index is 12.2. The predicted octanol–water partition coefficient (Wildman–Crippen LogP) is 3.68. The van der Waals surface area contributed by atoms with E-state index in [0.29, 0.717) is 19.1 Å². The van der Waals surface area contributed by atoms with Gasteiger partial charge in [0.2, 0.25) is 0 Å². The zero-order valence-corrected chi connectivity index (χ0v) is 14.0. The van der Waals surface area contributed by atoms with Crippen LogP contribution in [0.3, 0.4) is 0 Å². The zero-order valence-electron chi connectivity index (χ0n) is 14.0. The average Bonchev–Trinajstić information content (AvgIpc) is 2.89. The third-order valence-electron chi connectivity index (χ3n) is 4.48. The number of aromatic nitrogens is 2. The van der Waals surface area contributed by atoms with Gasteiger partial charge in [-0.3, -0.25) is 4.68 Å². The van der Waals surface area contributed by atoms with Crippen molar-refractivity contribution in [2.75, 3.05) is 6.54 Å². The van der Waals surface area contributed by atoms with Gasteiger partial charge in [0.15, 0.2) is 0 Å². The molecule has 2 heterocycles. The minimum Gasteiger partial charge on any atom is -0.444 e. The van der Waals surface area contributed by atoms with Gasteiger partial charge >= 0.3 is 6.09 Å². The number of fused-ring (bicyclic) bond motifs is 1. The molecule has 1 saturated carbocycles. The van der Waals surface area contributed by atoms with E-state index in [0.717, 1.165) is 12.1 Å². The second-order valence-electron chi connectivity index (χ2n) is 7.52. The van der Waals surface area contributed by atoms with Crippen LogP contribution in [0.1, 0.15) is 70.2 Å². The summed E-state index contributed by atoms with van der Waals surface area (Å²) in [6.07, 6.45) is 9.19. The first-order valence-electron chi connectivity index (χ1n) is 8.47. The monoisotopic (exact) mass is 305 g/mol. The molecule has 0 radical (unpaired) electrons. The minimum atomic E-state index is -0.441. The Morgan fingerprint density at radius 2 is 2.00 bits per heavy atom. The van der Waals surface area contributed by atoms with E-state index < -0.39 is 5.60 Å². The van der Waals surface area contributed by atoms with E-state index in [2.05, 4.69) is 10.9 Å². The van der Waals surface area contributed by atoms with Crippen molar-refractivity contribution >= 4 is 6.09 Å².